The summed E-state index contributed by atoms with van der Waals surface area (Å²) in [6.07, 6.45) is 1.85. The molecule has 0 aliphatic rings. The van der Waals surface area contributed by atoms with Gasteiger partial charge in [0, 0.05) is 16.0 Å². The molecule has 1 atom stereocenters. The van der Waals surface area contributed by atoms with Crippen LogP contribution in [-0.4, -0.2) is 40.4 Å². The Kier molecular flexibility index (Phi) is 6.21. The van der Waals surface area contributed by atoms with Gasteiger partial charge < -0.3 is 19.9 Å². The molecule has 27 heavy (non-hydrogen) atoms. The lowest BCUT2D eigenvalue weighted by Crippen LogP contribution is -2.30. The average Bonchev–Trinajstić information content (AvgIpc) is 3.02. The molecule has 1 aromatic carbocycles. The summed E-state index contributed by atoms with van der Waals surface area (Å²) in [5.74, 6) is -1.38. The van der Waals surface area contributed by atoms with Crippen LogP contribution in [0, 0.1) is 9.39 Å². The van der Waals surface area contributed by atoms with Gasteiger partial charge in [-0.1, -0.05) is 0 Å². The van der Waals surface area contributed by atoms with E-state index in [0.29, 0.717) is 11.0 Å². The lowest BCUT2D eigenvalue weighted by atomic mass is 10.2. The number of amides is 1. The first-order chi connectivity index (χ1) is 13.0. The first kappa shape index (κ1) is 19.5. The number of hydroxylamine groups is 1. The second-order valence-electron chi connectivity index (χ2n) is 5.51. The molecule has 0 fully saturated rings. The van der Waals surface area contributed by atoms with E-state index in [9.17, 15) is 14.3 Å². The predicted octanol–water partition coefficient (Wildman–Crippen LogP) is 2.33. The van der Waals surface area contributed by atoms with E-state index in [1.54, 1.807) is 18.2 Å². The Morgan fingerprint density at radius 2 is 2.22 bits per heavy atom. The molecule has 4 N–H and O–H groups in total. The fourth-order valence-electron chi connectivity index (χ4n) is 2.25. The van der Waals surface area contributed by atoms with Crippen LogP contribution in [0.15, 0.2) is 41.1 Å². The lowest BCUT2D eigenvalue weighted by Gasteiger charge is -2.10. The minimum atomic E-state index is -1.14. The van der Waals surface area contributed by atoms with Gasteiger partial charge in [0.05, 0.1) is 17.7 Å². The number of nitrogens with one attached hydrogen (secondary N) is 2. The van der Waals surface area contributed by atoms with Gasteiger partial charge in [0.15, 0.2) is 0 Å². The molecule has 0 saturated heterocycles. The number of carbonyl (C=O) groups is 1. The molecule has 3 aromatic rings. The predicted molar refractivity (Wildman–Crippen MR) is 103 cm³/mol. The number of hydrogen-bond donors (Lipinski definition) is 4. The van der Waals surface area contributed by atoms with E-state index < -0.39 is 24.4 Å². The van der Waals surface area contributed by atoms with Crippen LogP contribution in [0.4, 0.5) is 15.8 Å². The SMILES string of the molecule is O=C(NOC[C@H](O)CO)c1oc2ccncc2c1Nc1ccc(I)cc1F. The number of aromatic nitrogens is 1. The minimum absolute atomic E-state index is 0.144. The summed E-state index contributed by atoms with van der Waals surface area (Å²) >= 11 is 1.99. The molecule has 10 heteroatoms. The maximum Gasteiger partial charge on any atom is 0.312 e. The van der Waals surface area contributed by atoms with Crippen molar-refractivity contribution in [2.75, 3.05) is 18.5 Å². The number of halogens is 2. The molecule has 0 unspecified atom stereocenters. The summed E-state index contributed by atoms with van der Waals surface area (Å²) in [4.78, 5) is 21.3. The van der Waals surface area contributed by atoms with Gasteiger partial charge >= 0.3 is 5.91 Å². The highest BCUT2D eigenvalue weighted by Crippen LogP contribution is 2.33. The largest absolute Gasteiger partial charge is 0.448 e. The fraction of sp³-hybridized carbons (Fsp3) is 0.176. The third-order valence-electron chi connectivity index (χ3n) is 3.54. The number of carbonyl (C=O) groups excluding carboxylic acids is 1. The number of nitrogens with zero attached hydrogens (tertiary/aromatic N) is 1. The van der Waals surface area contributed by atoms with E-state index in [0.717, 1.165) is 3.57 Å². The normalized spacial score (nSPS) is 12.1. The van der Waals surface area contributed by atoms with Crippen molar-refractivity contribution in [1.29, 1.82) is 0 Å². The first-order valence-corrected chi connectivity index (χ1v) is 8.87. The first-order valence-electron chi connectivity index (χ1n) is 7.79. The Morgan fingerprint density at radius 3 is 2.96 bits per heavy atom. The molecule has 142 valence electrons. The van der Waals surface area contributed by atoms with Crippen molar-refractivity contribution in [3.63, 3.8) is 0 Å². The number of pyridine rings is 1. The fourth-order valence-corrected chi connectivity index (χ4v) is 2.71. The molecule has 3 rings (SSSR count). The number of rotatable bonds is 7. The molecule has 2 heterocycles. The third-order valence-corrected chi connectivity index (χ3v) is 4.21. The van der Waals surface area contributed by atoms with E-state index in [2.05, 4.69) is 15.8 Å². The van der Waals surface area contributed by atoms with Crippen molar-refractivity contribution >= 4 is 50.8 Å². The molecule has 0 saturated carbocycles. The zero-order chi connectivity index (χ0) is 19.4. The highest BCUT2D eigenvalue weighted by Gasteiger charge is 2.22. The van der Waals surface area contributed by atoms with Gasteiger partial charge in [-0.2, -0.15) is 0 Å². The van der Waals surface area contributed by atoms with Crippen LogP contribution < -0.4 is 10.8 Å². The number of furan rings is 1. The maximum absolute atomic E-state index is 14.2. The van der Waals surface area contributed by atoms with Gasteiger partial charge in [-0.15, -0.1) is 0 Å². The number of hydrogen-bond acceptors (Lipinski definition) is 7. The second-order valence-corrected chi connectivity index (χ2v) is 6.75. The highest BCUT2D eigenvalue weighted by atomic mass is 127. The average molecular weight is 487 g/mol. The maximum atomic E-state index is 14.2. The Morgan fingerprint density at radius 1 is 1.41 bits per heavy atom. The molecule has 1 amide bonds. The van der Waals surface area contributed by atoms with Crippen molar-refractivity contribution in [3.05, 3.63) is 51.8 Å². The molecule has 0 radical (unpaired) electrons. The quantitative estimate of drug-likeness (QED) is 0.299. The van der Waals surface area contributed by atoms with Gasteiger partial charge in [-0.3, -0.25) is 14.6 Å². The summed E-state index contributed by atoms with van der Waals surface area (Å²) in [5.41, 5.74) is 2.87. The summed E-state index contributed by atoms with van der Waals surface area (Å²) in [6.45, 7) is -0.816. The van der Waals surface area contributed by atoms with Crippen molar-refractivity contribution in [2.24, 2.45) is 0 Å². The highest BCUT2D eigenvalue weighted by molar-refractivity contribution is 14.1. The van der Waals surface area contributed by atoms with E-state index in [-0.39, 0.29) is 23.7 Å². The van der Waals surface area contributed by atoms with Crippen LogP contribution in [0.2, 0.25) is 0 Å². The lowest BCUT2D eigenvalue weighted by molar-refractivity contribution is -0.0302. The van der Waals surface area contributed by atoms with Crippen LogP contribution in [0.25, 0.3) is 11.0 Å². The molecular formula is C17H15FIN3O5. The number of anilines is 2. The van der Waals surface area contributed by atoms with Crippen LogP contribution in [0.3, 0.4) is 0 Å². The van der Waals surface area contributed by atoms with Gasteiger partial charge in [0.1, 0.15) is 29.8 Å². The van der Waals surface area contributed by atoms with Gasteiger partial charge in [0.25, 0.3) is 0 Å². The minimum Gasteiger partial charge on any atom is -0.448 e. The Bertz CT molecular complexity index is 965. The topological polar surface area (TPSA) is 117 Å². The molecule has 8 nitrogen and oxygen atoms in total. The Balaban J connectivity index is 1.90. The van der Waals surface area contributed by atoms with Crippen LogP contribution in [-0.2, 0) is 4.84 Å². The number of fused-ring (bicyclic) bond motifs is 1. The molecule has 0 bridgehead atoms. The standard InChI is InChI=1S/C17H15FIN3O5/c18-12-5-9(19)1-2-13(12)21-15-11-6-20-4-3-14(11)27-16(15)17(25)22-26-8-10(24)7-23/h1-6,10,21,23-24H,7-8H2,(H,22,25)/t10-/m1/s1. The zero-order valence-electron chi connectivity index (χ0n) is 13.8. The molecule has 0 spiro atoms. The van der Waals surface area contributed by atoms with Crippen molar-refractivity contribution in [2.45, 2.75) is 6.10 Å². The Hall–Kier alpha value is -2.28. The molecule has 0 aliphatic heterocycles. The number of benzene rings is 1. The van der Waals surface area contributed by atoms with E-state index in [1.807, 2.05) is 22.6 Å². The van der Waals surface area contributed by atoms with Gasteiger partial charge in [-0.25, -0.2) is 9.87 Å². The van der Waals surface area contributed by atoms with Crippen molar-refractivity contribution < 1.29 is 28.7 Å². The number of aliphatic hydroxyl groups excluding tert-OH is 2. The summed E-state index contributed by atoms with van der Waals surface area (Å²) in [5, 5.41) is 21.3. The van der Waals surface area contributed by atoms with E-state index in [1.165, 1.54) is 18.5 Å². The van der Waals surface area contributed by atoms with Crippen LogP contribution in [0.1, 0.15) is 10.6 Å². The van der Waals surface area contributed by atoms with Gasteiger partial charge in [0.2, 0.25) is 5.76 Å². The second kappa shape index (κ2) is 8.61. The third kappa shape index (κ3) is 4.53. The monoisotopic (exact) mass is 487 g/mol. The van der Waals surface area contributed by atoms with Crippen molar-refractivity contribution in [3.8, 4) is 0 Å². The molecule has 0 aliphatic carbocycles. The van der Waals surface area contributed by atoms with Crippen LogP contribution >= 0.6 is 22.6 Å². The summed E-state index contributed by atoms with van der Waals surface area (Å²) in [6, 6.07) is 6.17. The Labute approximate surface area is 166 Å². The van der Waals surface area contributed by atoms with Crippen LogP contribution in [0.5, 0.6) is 0 Å². The molecule has 2 aromatic heterocycles. The van der Waals surface area contributed by atoms with Gasteiger partial charge in [-0.05, 0) is 46.9 Å². The zero-order valence-corrected chi connectivity index (χ0v) is 15.9. The van der Waals surface area contributed by atoms with E-state index >= 15 is 0 Å². The smallest absolute Gasteiger partial charge is 0.312 e. The number of aliphatic hydroxyl groups is 2. The summed E-state index contributed by atoms with van der Waals surface area (Å²) in [7, 11) is 0. The van der Waals surface area contributed by atoms with Crippen molar-refractivity contribution in [1.82, 2.24) is 10.5 Å². The van der Waals surface area contributed by atoms with E-state index in [4.69, 9.17) is 14.4 Å². The summed E-state index contributed by atoms with van der Waals surface area (Å²) < 4.78 is 20.5. The molecular weight excluding hydrogens is 472 g/mol.